The minimum atomic E-state index is -1.21. The minimum Gasteiger partial charge on any atom is -0.382 e. The summed E-state index contributed by atoms with van der Waals surface area (Å²) in [5.41, 5.74) is 1.80. The van der Waals surface area contributed by atoms with Crippen LogP contribution >= 0.6 is 11.6 Å². The first-order valence-electron chi connectivity index (χ1n) is 10.4. The lowest BCUT2D eigenvalue weighted by Crippen LogP contribution is -2.19. The summed E-state index contributed by atoms with van der Waals surface area (Å²) in [6.07, 6.45) is 2.94. The number of nitrogens with zero attached hydrogens (tertiary/aromatic N) is 3. The Hall–Kier alpha value is -3.16. The summed E-state index contributed by atoms with van der Waals surface area (Å²) in [6, 6.07) is 9.01. The van der Waals surface area contributed by atoms with Crippen LogP contribution in [0.25, 0.3) is 22.0 Å². The van der Waals surface area contributed by atoms with E-state index in [0.29, 0.717) is 32.9 Å². The van der Waals surface area contributed by atoms with Crippen LogP contribution in [-0.4, -0.2) is 20.1 Å². The second kappa shape index (κ2) is 8.65. The van der Waals surface area contributed by atoms with E-state index in [0.717, 1.165) is 5.56 Å². The lowest BCUT2D eigenvalue weighted by atomic mass is 10.0. The van der Waals surface area contributed by atoms with E-state index in [9.17, 15) is 9.50 Å². The fourth-order valence-corrected chi connectivity index (χ4v) is 3.80. The van der Waals surface area contributed by atoms with Gasteiger partial charge in [0.2, 0.25) is 0 Å². The van der Waals surface area contributed by atoms with Gasteiger partial charge in [-0.25, -0.2) is 18.7 Å². The number of aliphatic hydroxyl groups is 1. The van der Waals surface area contributed by atoms with E-state index in [1.54, 1.807) is 32.9 Å². The number of fused-ring (bicyclic) bond motifs is 1. The Morgan fingerprint density at radius 1 is 1.09 bits per heavy atom. The van der Waals surface area contributed by atoms with Crippen LogP contribution in [0.5, 0.6) is 0 Å². The Kier molecular flexibility index (Phi) is 6.03. The Morgan fingerprint density at radius 3 is 2.42 bits per heavy atom. The Bertz CT molecular complexity index is 1340. The summed E-state index contributed by atoms with van der Waals surface area (Å²) >= 11 is 6.60. The van der Waals surface area contributed by atoms with E-state index in [1.807, 2.05) is 13.0 Å². The van der Waals surface area contributed by atoms with Crippen LogP contribution in [-0.2, 0) is 5.60 Å². The van der Waals surface area contributed by atoms with Crippen LogP contribution in [0.1, 0.15) is 43.9 Å². The van der Waals surface area contributed by atoms with Crippen molar-refractivity contribution in [1.29, 1.82) is 0 Å². The van der Waals surface area contributed by atoms with Crippen LogP contribution in [0.2, 0.25) is 5.02 Å². The quantitative estimate of drug-likeness (QED) is 0.358. The lowest BCUT2D eigenvalue weighted by molar-refractivity contribution is 0.0687. The van der Waals surface area contributed by atoms with Gasteiger partial charge in [0.05, 0.1) is 21.9 Å². The van der Waals surface area contributed by atoms with E-state index in [4.69, 9.17) is 11.6 Å². The third-order valence-electron chi connectivity index (χ3n) is 5.40. The molecule has 2 heterocycles. The zero-order valence-corrected chi connectivity index (χ0v) is 19.4. The first-order chi connectivity index (χ1) is 15.5. The molecule has 0 amide bonds. The van der Waals surface area contributed by atoms with Crippen molar-refractivity contribution in [3.63, 3.8) is 0 Å². The van der Waals surface area contributed by atoms with E-state index >= 15 is 4.39 Å². The number of halogens is 3. The third-order valence-corrected chi connectivity index (χ3v) is 5.86. The maximum absolute atomic E-state index is 15.0. The van der Waals surface area contributed by atoms with Gasteiger partial charge in [-0.1, -0.05) is 23.7 Å². The van der Waals surface area contributed by atoms with Crippen molar-refractivity contribution in [3.05, 3.63) is 82.5 Å². The monoisotopic (exact) mass is 468 g/mol. The average molecular weight is 469 g/mol. The third kappa shape index (κ3) is 4.65. The predicted octanol–water partition coefficient (Wildman–Crippen LogP) is 6.33. The molecule has 4 rings (SSSR count). The van der Waals surface area contributed by atoms with Gasteiger partial charge in [-0.3, -0.25) is 4.98 Å². The van der Waals surface area contributed by atoms with Crippen LogP contribution in [0.3, 0.4) is 0 Å². The number of hydrogen-bond donors (Lipinski definition) is 2. The van der Waals surface area contributed by atoms with Crippen molar-refractivity contribution in [2.45, 2.75) is 39.3 Å². The van der Waals surface area contributed by atoms with Gasteiger partial charge >= 0.3 is 0 Å². The zero-order chi connectivity index (χ0) is 23.9. The van der Waals surface area contributed by atoms with Crippen LogP contribution < -0.4 is 5.32 Å². The summed E-state index contributed by atoms with van der Waals surface area (Å²) in [6.45, 7) is 6.79. The first-order valence-corrected chi connectivity index (χ1v) is 10.8. The minimum absolute atomic E-state index is 0.235. The SMILES string of the molecule is Cc1nc2cc(F)c(-c3cnc(C(C)(C)O)nc3)cc2c(NC(C)c2cccc(F)c2)c1Cl. The van der Waals surface area contributed by atoms with Gasteiger partial charge < -0.3 is 10.4 Å². The smallest absolute Gasteiger partial charge is 0.159 e. The van der Waals surface area contributed by atoms with Crippen molar-refractivity contribution in [2.75, 3.05) is 5.32 Å². The Morgan fingerprint density at radius 2 is 1.79 bits per heavy atom. The molecule has 0 aliphatic heterocycles. The Balaban J connectivity index is 1.82. The molecule has 0 aliphatic carbocycles. The molecule has 2 aromatic heterocycles. The molecule has 0 saturated carbocycles. The topological polar surface area (TPSA) is 70.9 Å². The number of aromatic nitrogens is 3. The van der Waals surface area contributed by atoms with Crippen molar-refractivity contribution < 1.29 is 13.9 Å². The largest absolute Gasteiger partial charge is 0.382 e. The van der Waals surface area contributed by atoms with E-state index < -0.39 is 11.4 Å². The zero-order valence-electron chi connectivity index (χ0n) is 18.6. The lowest BCUT2D eigenvalue weighted by Gasteiger charge is -2.20. The molecule has 2 N–H and O–H groups in total. The summed E-state index contributed by atoms with van der Waals surface area (Å²) in [5.74, 6) is -0.582. The predicted molar refractivity (Wildman–Crippen MR) is 126 cm³/mol. The second-order valence-corrected chi connectivity index (χ2v) is 8.89. The van der Waals surface area contributed by atoms with Gasteiger partial charge in [-0.2, -0.15) is 0 Å². The Labute approximate surface area is 195 Å². The van der Waals surface area contributed by atoms with Crippen molar-refractivity contribution in [3.8, 4) is 11.1 Å². The molecule has 0 saturated heterocycles. The molecule has 0 radical (unpaired) electrons. The molecule has 33 heavy (non-hydrogen) atoms. The number of pyridine rings is 1. The fraction of sp³-hybridized carbons (Fsp3) is 0.240. The van der Waals surface area contributed by atoms with Gasteiger partial charge in [0.15, 0.2) is 5.82 Å². The van der Waals surface area contributed by atoms with E-state index in [-0.39, 0.29) is 23.2 Å². The number of anilines is 1. The second-order valence-electron chi connectivity index (χ2n) is 8.51. The van der Waals surface area contributed by atoms with E-state index in [1.165, 1.54) is 30.6 Å². The molecule has 0 bridgehead atoms. The fourth-order valence-electron chi connectivity index (χ4n) is 3.61. The van der Waals surface area contributed by atoms with Crippen molar-refractivity contribution in [2.24, 2.45) is 0 Å². The molecule has 0 fully saturated rings. The van der Waals surface area contributed by atoms with Gasteiger partial charge in [-0.15, -0.1) is 0 Å². The van der Waals surface area contributed by atoms with Crippen LogP contribution in [0.4, 0.5) is 14.5 Å². The van der Waals surface area contributed by atoms with Gasteiger partial charge in [0.1, 0.15) is 17.2 Å². The molecule has 4 aromatic rings. The van der Waals surface area contributed by atoms with Gasteiger partial charge in [-0.05, 0) is 51.5 Å². The van der Waals surface area contributed by atoms with Crippen LogP contribution in [0, 0.1) is 18.6 Å². The highest BCUT2D eigenvalue weighted by molar-refractivity contribution is 6.35. The summed E-state index contributed by atoms with van der Waals surface area (Å²) in [4.78, 5) is 12.8. The normalized spacial score (nSPS) is 12.7. The number of aryl methyl sites for hydroxylation is 1. The van der Waals surface area contributed by atoms with Crippen molar-refractivity contribution >= 4 is 28.2 Å². The number of rotatable bonds is 5. The molecule has 0 aliphatic rings. The number of benzene rings is 2. The highest BCUT2D eigenvalue weighted by atomic mass is 35.5. The van der Waals surface area contributed by atoms with Gasteiger partial charge in [0.25, 0.3) is 0 Å². The average Bonchev–Trinajstić information content (AvgIpc) is 2.76. The van der Waals surface area contributed by atoms with Crippen LogP contribution in [0.15, 0.2) is 48.8 Å². The standard InChI is InChI=1S/C25H23ClF2N4O/c1-13(15-6-5-7-17(27)8-15)32-23-19-9-18(16-11-29-24(30-12-16)25(3,4)33)20(28)10-21(19)31-14(2)22(23)26/h5-13,33H,1-4H3,(H,31,32). The molecule has 1 atom stereocenters. The molecule has 5 nitrogen and oxygen atoms in total. The maximum Gasteiger partial charge on any atom is 0.159 e. The molecular weight excluding hydrogens is 446 g/mol. The molecule has 8 heteroatoms. The number of hydrogen-bond acceptors (Lipinski definition) is 5. The first kappa shape index (κ1) is 23.0. The van der Waals surface area contributed by atoms with Crippen molar-refractivity contribution in [1.82, 2.24) is 15.0 Å². The molecule has 2 aromatic carbocycles. The molecule has 170 valence electrons. The number of nitrogens with one attached hydrogen (secondary N) is 1. The molecule has 1 unspecified atom stereocenters. The summed E-state index contributed by atoms with van der Waals surface area (Å²) < 4.78 is 28.8. The highest BCUT2D eigenvalue weighted by Crippen LogP contribution is 2.38. The summed E-state index contributed by atoms with van der Waals surface area (Å²) in [7, 11) is 0. The molecule has 0 spiro atoms. The summed E-state index contributed by atoms with van der Waals surface area (Å²) in [5, 5.41) is 14.4. The molecular formula is C25H23ClF2N4O. The maximum atomic E-state index is 15.0. The van der Waals surface area contributed by atoms with Gasteiger partial charge in [0, 0.05) is 41.0 Å². The van der Waals surface area contributed by atoms with E-state index in [2.05, 4.69) is 20.3 Å². The highest BCUT2D eigenvalue weighted by Gasteiger charge is 2.21.